The van der Waals surface area contributed by atoms with Crippen molar-refractivity contribution in [2.75, 3.05) is 18.1 Å². The first-order chi connectivity index (χ1) is 8.45. The minimum absolute atomic E-state index is 0.280. The molecule has 0 spiro atoms. The van der Waals surface area contributed by atoms with Gasteiger partial charge in [-0.2, -0.15) is 24.9 Å². The predicted octanol–water partition coefficient (Wildman–Crippen LogP) is 4.40. The van der Waals surface area contributed by atoms with Crippen LogP contribution in [0, 0.1) is 0 Å². The standard InChI is InChI=1S/C13H16F3NS/c1-18-12(7-2-8-12)9-17-11-5-3-10(4-6-11)13(14,15)16/h3-6,17H,2,7-9H2,1H3. The van der Waals surface area contributed by atoms with Gasteiger partial charge in [0.25, 0.3) is 0 Å². The first-order valence-corrected chi connectivity index (χ1v) is 7.14. The van der Waals surface area contributed by atoms with Crippen LogP contribution in [0.4, 0.5) is 18.9 Å². The van der Waals surface area contributed by atoms with Crippen molar-refractivity contribution in [3.8, 4) is 0 Å². The van der Waals surface area contributed by atoms with E-state index in [2.05, 4.69) is 11.6 Å². The lowest BCUT2D eigenvalue weighted by atomic mass is 9.84. The summed E-state index contributed by atoms with van der Waals surface area (Å²) < 4.78 is 37.4. The zero-order valence-corrected chi connectivity index (χ0v) is 11.0. The number of anilines is 1. The highest BCUT2D eigenvalue weighted by Crippen LogP contribution is 2.42. The highest BCUT2D eigenvalue weighted by Gasteiger charge is 2.35. The van der Waals surface area contributed by atoms with Crippen LogP contribution >= 0.6 is 11.8 Å². The third-order valence-corrected chi connectivity index (χ3v) is 4.94. The van der Waals surface area contributed by atoms with Crippen molar-refractivity contribution in [1.82, 2.24) is 0 Å². The first kappa shape index (κ1) is 13.6. The van der Waals surface area contributed by atoms with E-state index in [9.17, 15) is 13.2 Å². The average molecular weight is 275 g/mol. The third kappa shape index (κ3) is 2.94. The molecule has 5 heteroatoms. The van der Waals surface area contributed by atoms with Gasteiger partial charge in [-0.05, 0) is 43.4 Å². The van der Waals surface area contributed by atoms with Gasteiger partial charge in [0, 0.05) is 17.0 Å². The molecule has 0 amide bonds. The Hall–Kier alpha value is -0.840. The molecule has 1 N–H and O–H groups in total. The molecule has 1 nitrogen and oxygen atoms in total. The predicted molar refractivity (Wildman–Crippen MR) is 70.0 cm³/mol. The van der Waals surface area contributed by atoms with Crippen LogP contribution in [-0.2, 0) is 6.18 Å². The molecule has 1 fully saturated rings. The van der Waals surface area contributed by atoms with Crippen LogP contribution in [0.1, 0.15) is 24.8 Å². The van der Waals surface area contributed by atoms with E-state index in [0.29, 0.717) is 0 Å². The number of thioether (sulfide) groups is 1. The lowest BCUT2D eigenvalue weighted by Gasteiger charge is -2.40. The van der Waals surface area contributed by atoms with Gasteiger partial charge in [0.15, 0.2) is 0 Å². The van der Waals surface area contributed by atoms with Gasteiger partial charge in [-0.1, -0.05) is 6.42 Å². The van der Waals surface area contributed by atoms with Crippen LogP contribution in [0.5, 0.6) is 0 Å². The highest BCUT2D eigenvalue weighted by atomic mass is 32.2. The normalized spacial score (nSPS) is 18.2. The minimum Gasteiger partial charge on any atom is -0.384 e. The monoisotopic (exact) mass is 275 g/mol. The molecule has 0 atom stereocenters. The van der Waals surface area contributed by atoms with Crippen LogP contribution < -0.4 is 5.32 Å². The third-order valence-electron chi connectivity index (χ3n) is 3.52. The van der Waals surface area contributed by atoms with Crippen molar-refractivity contribution in [2.24, 2.45) is 0 Å². The van der Waals surface area contributed by atoms with Crippen molar-refractivity contribution in [1.29, 1.82) is 0 Å². The van der Waals surface area contributed by atoms with Gasteiger partial charge >= 0.3 is 6.18 Å². The molecular weight excluding hydrogens is 259 g/mol. The summed E-state index contributed by atoms with van der Waals surface area (Å²) in [5, 5.41) is 3.23. The quantitative estimate of drug-likeness (QED) is 0.874. The SMILES string of the molecule is CSC1(CNc2ccc(C(F)(F)F)cc2)CCC1. The van der Waals surface area contributed by atoms with Crippen molar-refractivity contribution >= 4 is 17.4 Å². The highest BCUT2D eigenvalue weighted by molar-refractivity contribution is 8.00. The zero-order chi connectivity index (χ0) is 13.2. The van der Waals surface area contributed by atoms with Crippen LogP contribution in [-0.4, -0.2) is 17.5 Å². The molecule has 1 aromatic carbocycles. The fourth-order valence-corrected chi connectivity index (χ4v) is 2.98. The average Bonchev–Trinajstić information content (AvgIpc) is 2.28. The Morgan fingerprint density at radius 3 is 2.22 bits per heavy atom. The Bertz CT molecular complexity index is 390. The number of halogens is 3. The molecule has 1 aliphatic carbocycles. The molecular formula is C13H16F3NS. The Balaban J connectivity index is 1.94. The second-order valence-corrected chi connectivity index (χ2v) is 5.94. The molecule has 1 saturated carbocycles. The first-order valence-electron chi connectivity index (χ1n) is 5.91. The van der Waals surface area contributed by atoms with E-state index in [1.807, 2.05) is 11.8 Å². The molecule has 0 aliphatic heterocycles. The summed E-state index contributed by atoms with van der Waals surface area (Å²) in [6.07, 6.45) is 1.44. The van der Waals surface area contributed by atoms with E-state index >= 15 is 0 Å². The minimum atomic E-state index is -4.26. The van der Waals surface area contributed by atoms with Crippen molar-refractivity contribution in [2.45, 2.75) is 30.2 Å². The largest absolute Gasteiger partial charge is 0.416 e. The van der Waals surface area contributed by atoms with Crippen LogP contribution in [0.3, 0.4) is 0 Å². The molecule has 0 radical (unpaired) electrons. The Morgan fingerprint density at radius 2 is 1.83 bits per heavy atom. The number of alkyl halides is 3. The van der Waals surface area contributed by atoms with Gasteiger partial charge in [0.1, 0.15) is 0 Å². The van der Waals surface area contributed by atoms with Gasteiger partial charge in [-0.15, -0.1) is 0 Å². The summed E-state index contributed by atoms with van der Waals surface area (Å²) in [4.78, 5) is 0. The molecule has 2 rings (SSSR count). The molecule has 100 valence electrons. The summed E-state index contributed by atoms with van der Waals surface area (Å²) in [5.41, 5.74) is 0.152. The zero-order valence-electron chi connectivity index (χ0n) is 10.2. The van der Waals surface area contributed by atoms with E-state index < -0.39 is 11.7 Å². The van der Waals surface area contributed by atoms with Crippen LogP contribution in [0.25, 0.3) is 0 Å². The van der Waals surface area contributed by atoms with Crippen molar-refractivity contribution in [3.05, 3.63) is 29.8 Å². The van der Waals surface area contributed by atoms with E-state index in [-0.39, 0.29) is 4.75 Å². The fourth-order valence-electron chi connectivity index (χ4n) is 2.06. The Labute approximate surface area is 109 Å². The van der Waals surface area contributed by atoms with Crippen molar-refractivity contribution < 1.29 is 13.2 Å². The Kier molecular flexibility index (Phi) is 3.80. The summed E-state index contributed by atoms with van der Waals surface area (Å²) in [6, 6.07) is 5.23. The molecule has 0 saturated heterocycles. The van der Waals surface area contributed by atoms with Gasteiger partial charge in [-0.3, -0.25) is 0 Å². The van der Waals surface area contributed by atoms with Gasteiger partial charge in [-0.25, -0.2) is 0 Å². The lowest BCUT2D eigenvalue weighted by Crippen LogP contribution is -2.40. The maximum atomic E-state index is 12.4. The van der Waals surface area contributed by atoms with Crippen LogP contribution in [0.15, 0.2) is 24.3 Å². The summed E-state index contributed by atoms with van der Waals surface area (Å²) in [5.74, 6) is 0. The second-order valence-electron chi connectivity index (χ2n) is 4.67. The Morgan fingerprint density at radius 1 is 1.22 bits per heavy atom. The molecule has 18 heavy (non-hydrogen) atoms. The maximum absolute atomic E-state index is 12.4. The number of hydrogen-bond acceptors (Lipinski definition) is 2. The molecule has 1 aromatic rings. The summed E-state index contributed by atoms with van der Waals surface area (Å²) in [7, 11) is 0. The van der Waals surface area contributed by atoms with Crippen molar-refractivity contribution in [3.63, 3.8) is 0 Å². The fraction of sp³-hybridized carbons (Fsp3) is 0.538. The molecule has 0 bridgehead atoms. The van der Waals surface area contributed by atoms with E-state index in [1.54, 1.807) is 0 Å². The smallest absolute Gasteiger partial charge is 0.384 e. The number of nitrogens with one attached hydrogen (secondary N) is 1. The number of rotatable bonds is 4. The van der Waals surface area contributed by atoms with E-state index in [0.717, 1.165) is 24.4 Å². The number of benzene rings is 1. The molecule has 0 unspecified atom stereocenters. The van der Waals surface area contributed by atoms with Crippen LogP contribution in [0.2, 0.25) is 0 Å². The second kappa shape index (κ2) is 5.03. The topological polar surface area (TPSA) is 12.0 Å². The van der Waals surface area contributed by atoms with E-state index in [4.69, 9.17) is 0 Å². The molecule has 0 heterocycles. The molecule has 1 aliphatic rings. The van der Waals surface area contributed by atoms with Gasteiger partial charge in [0.05, 0.1) is 5.56 Å². The van der Waals surface area contributed by atoms with Gasteiger partial charge < -0.3 is 5.32 Å². The summed E-state index contributed by atoms with van der Waals surface area (Å²) in [6.45, 7) is 0.819. The lowest BCUT2D eigenvalue weighted by molar-refractivity contribution is -0.137. The summed E-state index contributed by atoms with van der Waals surface area (Å²) >= 11 is 1.84. The number of hydrogen-bond donors (Lipinski definition) is 1. The molecule has 0 aromatic heterocycles. The van der Waals surface area contributed by atoms with Gasteiger partial charge in [0.2, 0.25) is 0 Å². The van der Waals surface area contributed by atoms with E-state index in [1.165, 1.54) is 31.4 Å². The maximum Gasteiger partial charge on any atom is 0.416 e.